The van der Waals surface area contributed by atoms with Gasteiger partial charge in [0.2, 0.25) is 5.91 Å². The molecule has 0 spiro atoms. The number of amides is 2. The van der Waals surface area contributed by atoms with Gasteiger partial charge in [-0.25, -0.2) is 0 Å². The molecular weight excluding hydrogens is 366 g/mol. The van der Waals surface area contributed by atoms with E-state index in [9.17, 15) is 9.59 Å². The number of pyridine rings is 1. The Bertz CT molecular complexity index is 923. The van der Waals surface area contributed by atoms with E-state index in [0.29, 0.717) is 37.4 Å². The highest BCUT2D eigenvalue weighted by atomic mass is 16.3. The fraction of sp³-hybridized carbons (Fsp3) is 0.261. The molecule has 1 aromatic carbocycles. The van der Waals surface area contributed by atoms with Crippen molar-refractivity contribution in [1.29, 1.82) is 0 Å². The molecule has 150 valence electrons. The van der Waals surface area contributed by atoms with Gasteiger partial charge in [0.1, 0.15) is 5.76 Å². The molecule has 6 heteroatoms. The number of nitrogens with one attached hydrogen (secondary N) is 1. The Morgan fingerprint density at radius 3 is 2.55 bits per heavy atom. The van der Waals surface area contributed by atoms with Gasteiger partial charge in [0, 0.05) is 44.4 Å². The van der Waals surface area contributed by atoms with Crippen LogP contribution in [0.1, 0.15) is 33.8 Å². The summed E-state index contributed by atoms with van der Waals surface area (Å²) in [6, 6.07) is 17.1. The summed E-state index contributed by atoms with van der Waals surface area (Å²) in [5.41, 5.74) is 2.47. The molecule has 3 aromatic rings. The van der Waals surface area contributed by atoms with Crippen LogP contribution in [0.3, 0.4) is 0 Å². The van der Waals surface area contributed by atoms with Gasteiger partial charge in [-0.15, -0.1) is 0 Å². The van der Waals surface area contributed by atoms with Crippen molar-refractivity contribution < 1.29 is 14.0 Å². The van der Waals surface area contributed by atoms with Gasteiger partial charge in [-0.2, -0.15) is 0 Å². The zero-order valence-corrected chi connectivity index (χ0v) is 16.5. The van der Waals surface area contributed by atoms with E-state index in [1.165, 1.54) is 6.26 Å². The van der Waals surface area contributed by atoms with Crippen LogP contribution in [-0.2, 0) is 17.8 Å². The van der Waals surface area contributed by atoms with Crippen molar-refractivity contribution in [2.75, 3.05) is 13.1 Å². The topological polar surface area (TPSA) is 75.4 Å². The standard InChI is InChI=1S/C23H25N3O3/c1-18-21(12-16-29-18)23(28)26(17-19-7-3-2-4-8-19)15-11-22(27)25-14-10-20-9-5-6-13-24-20/h2-9,12-13,16H,10-11,14-15,17H2,1H3,(H,25,27). The first-order chi connectivity index (χ1) is 14.1. The van der Waals surface area contributed by atoms with Crippen molar-refractivity contribution in [3.8, 4) is 0 Å². The molecule has 0 atom stereocenters. The number of hydrogen-bond acceptors (Lipinski definition) is 4. The van der Waals surface area contributed by atoms with E-state index in [2.05, 4.69) is 10.3 Å². The normalized spacial score (nSPS) is 10.5. The molecule has 0 fully saturated rings. The summed E-state index contributed by atoms with van der Waals surface area (Å²) in [6.07, 6.45) is 4.15. The second-order valence-corrected chi connectivity index (χ2v) is 6.77. The van der Waals surface area contributed by atoms with Crippen molar-refractivity contribution in [3.63, 3.8) is 0 Å². The van der Waals surface area contributed by atoms with Crippen LogP contribution in [-0.4, -0.2) is 34.8 Å². The Morgan fingerprint density at radius 2 is 1.86 bits per heavy atom. The number of rotatable bonds is 9. The van der Waals surface area contributed by atoms with Crippen molar-refractivity contribution in [2.24, 2.45) is 0 Å². The van der Waals surface area contributed by atoms with E-state index in [1.54, 1.807) is 24.1 Å². The third-order valence-electron chi connectivity index (χ3n) is 4.63. The van der Waals surface area contributed by atoms with E-state index in [-0.39, 0.29) is 18.2 Å². The van der Waals surface area contributed by atoms with Crippen LogP contribution in [0.15, 0.2) is 71.5 Å². The summed E-state index contributed by atoms with van der Waals surface area (Å²) >= 11 is 0. The summed E-state index contributed by atoms with van der Waals surface area (Å²) < 4.78 is 5.27. The number of benzene rings is 1. The highest BCUT2D eigenvalue weighted by molar-refractivity contribution is 5.95. The van der Waals surface area contributed by atoms with Gasteiger partial charge in [-0.3, -0.25) is 14.6 Å². The fourth-order valence-corrected chi connectivity index (χ4v) is 3.03. The number of furan rings is 1. The molecule has 29 heavy (non-hydrogen) atoms. The highest BCUT2D eigenvalue weighted by Crippen LogP contribution is 2.15. The Balaban J connectivity index is 1.56. The SMILES string of the molecule is Cc1occc1C(=O)N(CCC(=O)NCCc1ccccn1)Cc1ccccc1. The van der Waals surface area contributed by atoms with E-state index >= 15 is 0 Å². The van der Waals surface area contributed by atoms with Crippen LogP contribution in [0.25, 0.3) is 0 Å². The number of carbonyl (C=O) groups is 2. The summed E-state index contributed by atoms with van der Waals surface area (Å²) in [5, 5.41) is 2.90. The zero-order chi connectivity index (χ0) is 20.5. The van der Waals surface area contributed by atoms with Gasteiger partial charge >= 0.3 is 0 Å². The van der Waals surface area contributed by atoms with Crippen LogP contribution < -0.4 is 5.32 Å². The predicted molar refractivity (Wildman–Crippen MR) is 110 cm³/mol. The molecule has 1 N–H and O–H groups in total. The van der Waals surface area contributed by atoms with Crippen LogP contribution in [0.2, 0.25) is 0 Å². The molecule has 0 saturated carbocycles. The third-order valence-corrected chi connectivity index (χ3v) is 4.63. The maximum atomic E-state index is 13.0. The van der Waals surface area contributed by atoms with E-state index in [0.717, 1.165) is 11.3 Å². The predicted octanol–water partition coefficient (Wildman–Crippen LogP) is 3.37. The van der Waals surface area contributed by atoms with Crippen LogP contribution in [0.4, 0.5) is 0 Å². The molecule has 2 aromatic heterocycles. The number of hydrogen-bond donors (Lipinski definition) is 1. The quantitative estimate of drug-likeness (QED) is 0.607. The van der Waals surface area contributed by atoms with E-state index < -0.39 is 0 Å². The van der Waals surface area contributed by atoms with Crippen molar-refractivity contribution in [1.82, 2.24) is 15.2 Å². The summed E-state index contributed by atoms with van der Waals surface area (Å²) in [7, 11) is 0. The van der Waals surface area contributed by atoms with Gasteiger partial charge in [-0.1, -0.05) is 36.4 Å². The van der Waals surface area contributed by atoms with Crippen LogP contribution in [0.5, 0.6) is 0 Å². The summed E-state index contributed by atoms with van der Waals surface area (Å²) in [5.74, 6) is 0.352. The van der Waals surface area contributed by atoms with Gasteiger partial charge in [0.15, 0.2) is 0 Å². The number of aromatic nitrogens is 1. The molecular formula is C23H25N3O3. The maximum Gasteiger partial charge on any atom is 0.257 e. The molecule has 0 radical (unpaired) electrons. The van der Waals surface area contributed by atoms with Gasteiger partial charge in [-0.05, 0) is 30.7 Å². The number of aryl methyl sites for hydroxylation is 1. The maximum absolute atomic E-state index is 13.0. The largest absolute Gasteiger partial charge is 0.469 e. The fourth-order valence-electron chi connectivity index (χ4n) is 3.03. The second-order valence-electron chi connectivity index (χ2n) is 6.77. The van der Waals surface area contributed by atoms with E-state index in [1.807, 2.05) is 48.5 Å². The first-order valence-electron chi connectivity index (χ1n) is 9.67. The molecule has 2 amide bonds. The monoisotopic (exact) mass is 391 g/mol. The lowest BCUT2D eigenvalue weighted by atomic mass is 10.1. The smallest absolute Gasteiger partial charge is 0.257 e. The van der Waals surface area contributed by atoms with Crippen molar-refractivity contribution >= 4 is 11.8 Å². The molecule has 0 bridgehead atoms. The minimum Gasteiger partial charge on any atom is -0.469 e. The number of carbonyl (C=O) groups excluding carboxylic acids is 2. The minimum absolute atomic E-state index is 0.0873. The average molecular weight is 391 g/mol. The highest BCUT2D eigenvalue weighted by Gasteiger charge is 2.20. The summed E-state index contributed by atoms with van der Waals surface area (Å²) in [6.45, 7) is 3.04. The molecule has 0 aliphatic rings. The first kappa shape index (κ1) is 20.3. The lowest BCUT2D eigenvalue weighted by molar-refractivity contribution is -0.121. The Hall–Kier alpha value is -3.41. The lowest BCUT2D eigenvalue weighted by Gasteiger charge is -2.22. The van der Waals surface area contributed by atoms with Gasteiger partial charge in [0.25, 0.3) is 5.91 Å². The Kier molecular flexibility index (Phi) is 7.16. The molecule has 2 heterocycles. The molecule has 6 nitrogen and oxygen atoms in total. The van der Waals surface area contributed by atoms with Crippen molar-refractivity contribution in [2.45, 2.75) is 26.3 Å². The lowest BCUT2D eigenvalue weighted by Crippen LogP contribution is -2.35. The zero-order valence-electron chi connectivity index (χ0n) is 16.5. The summed E-state index contributed by atoms with van der Waals surface area (Å²) in [4.78, 5) is 31.2. The molecule has 0 saturated heterocycles. The van der Waals surface area contributed by atoms with Crippen LogP contribution in [0, 0.1) is 6.92 Å². The third kappa shape index (κ3) is 6.04. The first-order valence-corrected chi connectivity index (χ1v) is 9.67. The van der Waals surface area contributed by atoms with Gasteiger partial charge in [0.05, 0.1) is 11.8 Å². The molecule has 0 aliphatic carbocycles. The van der Waals surface area contributed by atoms with Gasteiger partial charge < -0.3 is 14.6 Å². The average Bonchev–Trinajstić information content (AvgIpc) is 3.18. The van der Waals surface area contributed by atoms with E-state index in [4.69, 9.17) is 4.42 Å². The minimum atomic E-state index is -0.138. The van der Waals surface area contributed by atoms with Crippen LogP contribution >= 0.6 is 0 Å². The molecule has 0 unspecified atom stereocenters. The number of nitrogens with zero attached hydrogens (tertiary/aromatic N) is 2. The molecule has 3 rings (SSSR count). The second kappa shape index (κ2) is 10.2. The molecule has 0 aliphatic heterocycles. The Labute approximate surface area is 170 Å². The Morgan fingerprint density at radius 1 is 1.07 bits per heavy atom. The van der Waals surface area contributed by atoms with Crippen molar-refractivity contribution in [3.05, 3.63) is 89.6 Å².